The summed E-state index contributed by atoms with van der Waals surface area (Å²) in [6, 6.07) is 9.22. The van der Waals surface area contributed by atoms with Gasteiger partial charge >= 0.3 is 5.97 Å². The molecule has 0 bridgehead atoms. The van der Waals surface area contributed by atoms with Crippen LogP contribution in [-0.2, 0) is 83.2 Å². The fourth-order valence-electron chi connectivity index (χ4n) is 8.93. The number of fused-ring (bicyclic) bond motifs is 2. The van der Waals surface area contributed by atoms with Gasteiger partial charge in [0.25, 0.3) is 20.2 Å². The predicted molar refractivity (Wildman–Crippen MR) is 282 cm³/mol. The van der Waals surface area contributed by atoms with Gasteiger partial charge in [-0.25, -0.2) is 0 Å². The van der Waals surface area contributed by atoms with Crippen molar-refractivity contribution in [2.24, 2.45) is 0 Å². The lowest BCUT2D eigenvalue weighted by atomic mass is 9.76. The third-order valence-electron chi connectivity index (χ3n) is 12.9. The summed E-state index contributed by atoms with van der Waals surface area (Å²) in [6.45, 7) is 14.5. The maximum Gasteiger partial charge on any atom is 0.303 e. The van der Waals surface area contributed by atoms with E-state index >= 15 is 0 Å². The number of allylic oxidation sites excluding steroid dienone is 6. The second kappa shape index (κ2) is 33.3. The Morgan fingerprint density at radius 1 is 0.587 bits per heavy atom. The number of likely N-dealkylation sites (N-methyl/N-ethyl adjacent to an activating group) is 1. The number of aliphatic carboxylic acids is 1. The Labute approximate surface area is 444 Å². The molecular weight excluding hydrogens is 1020 g/mol. The van der Waals surface area contributed by atoms with E-state index in [1.807, 2.05) is 51.2 Å². The van der Waals surface area contributed by atoms with Gasteiger partial charge in [-0.2, -0.15) is 21.4 Å². The van der Waals surface area contributed by atoms with Crippen molar-refractivity contribution >= 4 is 43.3 Å². The number of carboxylic acids is 1. The topological polar surface area (TPSA) is 245 Å². The fourth-order valence-corrected chi connectivity index (χ4v) is 9.95. The number of nitrogens with zero attached hydrogens (tertiary/aromatic N) is 2. The number of methoxy groups -OCH3 is 2. The molecule has 0 amide bonds. The van der Waals surface area contributed by atoms with Crippen LogP contribution in [0.4, 0.5) is 11.4 Å². The fraction of sp³-hybridized carbons (Fsp3) is 0.623. The Kier molecular flexibility index (Phi) is 28.3. The molecule has 2 aliphatic rings. The van der Waals surface area contributed by atoms with Crippen molar-refractivity contribution in [1.82, 2.24) is 0 Å². The molecule has 2 aromatic carbocycles. The Hall–Kier alpha value is -3.98. The highest BCUT2D eigenvalue weighted by Gasteiger charge is 2.48. The zero-order valence-corrected chi connectivity index (χ0v) is 46.0. The van der Waals surface area contributed by atoms with Gasteiger partial charge in [0.1, 0.15) is 6.54 Å². The number of hydrogen-bond acceptors (Lipinski definition) is 16. The van der Waals surface area contributed by atoms with E-state index in [0.29, 0.717) is 170 Å². The van der Waals surface area contributed by atoms with E-state index in [1.165, 1.54) is 24.3 Å². The van der Waals surface area contributed by atoms with Crippen LogP contribution in [0.1, 0.15) is 70.4 Å². The number of unbranched alkanes of at least 4 members (excludes halogenated alkanes) is 2. The first-order valence-corrected chi connectivity index (χ1v) is 28.4. The molecule has 0 saturated heterocycles. The molecule has 22 heteroatoms. The van der Waals surface area contributed by atoms with Crippen LogP contribution in [0.25, 0.3) is 0 Å². The number of carboxylic acid groups (broad SMARTS) is 1. The van der Waals surface area contributed by atoms with Gasteiger partial charge in [0, 0.05) is 81.3 Å². The van der Waals surface area contributed by atoms with Gasteiger partial charge in [0.15, 0.2) is 5.71 Å². The normalized spacial score (nSPS) is 18.4. The zero-order valence-electron chi connectivity index (χ0n) is 44.4. The monoisotopic (exact) mass is 1100 g/mol. The third-order valence-corrected chi connectivity index (χ3v) is 14.6. The Morgan fingerprint density at radius 3 is 1.51 bits per heavy atom. The predicted octanol–water partition coefficient (Wildman–Crippen LogP) is 6.18. The number of carbonyl (C=O) groups is 1. The molecule has 0 aliphatic carbocycles. The molecule has 0 aromatic heterocycles. The van der Waals surface area contributed by atoms with Gasteiger partial charge in [0.2, 0.25) is 5.69 Å². The minimum Gasteiger partial charge on any atom is -0.481 e. The minimum absolute atomic E-state index is 0.0503. The van der Waals surface area contributed by atoms with Crippen LogP contribution in [0.15, 0.2) is 82.3 Å². The summed E-state index contributed by atoms with van der Waals surface area (Å²) < 4.78 is 127. The molecule has 2 unspecified atom stereocenters. The maximum atomic E-state index is 12.5. The number of ether oxygens (including phenoxy) is 10. The lowest BCUT2D eigenvalue weighted by molar-refractivity contribution is -0.438. The van der Waals surface area contributed by atoms with Gasteiger partial charge in [0.05, 0.1) is 121 Å². The van der Waals surface area contributed by atoms with Crippen LogP contribution in [-0.4, -0.2) is 194 Å². The average Bonchev–Trinajstić information content (AvgIpc) is 3.75. The van der Waals surface area contributed by atoms with Crippen LogP contribution < -0.4 is 4.90 Å². The van der Waals surface area contributed by atoms with Gasteiger partial charge in [-0.1, -0.05) is 18.2 Å². The number of benzene rings is 2. The molecule has 75 heavy (non-hydrogen) atoms. The molecule has 0 saturated carbocycles. The molecule has 0 spiro atoms. The first kappa shape index (κ1) is 63.6. The summed E-state index contributed by atoms with van der Waals surface area (Å²) in [4.78, 5) is 13.0. The van der Waals surface area contributed by atoms with Crippen LogP contribution in [0.2, 0.25) is 0 Å². The van der Waals surface area contributed by atoms with E-state index < -0.39 is 37.0 Å². The summed E-state index contributed by atoms with van der Waals surface area (Å²) in [6.07, 6.45) is 12.4. The van der Waals surface area contributed by atoms with Crippen LogP contribution >= 0.6 is 0 Å². The molecule has 4 rings (SSSR count). The lowest BCUT2D eigenvalue weighted by Crippen LogP contribution is -2.33. The third kappa shape index (κ3) is 20.4. The summed E-state index contributed by atoms with van der Waals surface area (Å²) in [5, 5.41) is 9.27. The van der Waals surface area contributed by atoms with Crippen molar-refractivity contribution in [3.63, 3.8) is 0 Å². The summed E-state index contributed by atoms with van der Waals surface area (Å²) in [5.74, 6) is -0.863. The van der Waals surface area contributed by atoms with Crippen molar-refractivity contribution in [1.29, 1.82) is 0 Å². The molecule has 2 aromatic rings. The Balaban J connectivity index is 1.54. The van der Waals surface area contributed by atoms with E-state index in [0.717, 1.165) is 28.3 Å². The summed E-state index contributed by atoms with van der Waals surface area (Å²) >= 11 is 0. The number of anilines is 1. The van der Waals surface area contributed by atoms with Gasteiger partial charge in [-0.05, 0) is 88.4 Å². The maximum absolute atomic E-state index is 12.5. The summed E-state index contributed by atoms with van der Waals surface area (Å²) in [5.41, 5.74) is 3.21. The molecule has 2 atom stereocenters. The SMILES string of the molecule is CCN1/C(=C/C=C/C=C/C2=[N+](CCCCCC(=O)O)c3ccc(S(=O)(=O)O)cc3C2(C)CCOCCOCCOCCOCCOC)C(C)(CCOCCOCCOCCOCCOC)c2cc(S(=O)(=O)O)ccc21. The molecule has 3 N–H and O–H groups in total. The van der Waals surface area contributed by atoms with E-state index in [-0.39, 0.29) is 16.2 Å². The second-order valence-electron chi connectivity index (χ2n) is 18.1. The van der Waals surface area contributed by atoms with Crippen LogP contribution in [0.3, 0.4) is 0 Å². The second-order valence-corrected chi connectivity index (χ2v) is 21.0. The van der Waals surface area contributed by atoms with E-state index in [1.54, 1.807) is 26.4 Å². The van der Waals surface area contributed by atoms with Crippen molar-refractivity contribution in [2.75, 3.05) is 151 Å². The number of rotatable bonds is 42. The average molecular weight is 1100 g/mol. The molecular formula is C53H81N2O18S2+. The molecule has 2 heterocycles. The van der Waals surface area contributed by atoms with E-state index in [2.05, 4.69) is 9.48 Å². The van der Waals surface area contributed by atoms with E-state index in [9.17, 15) is 35.8 Å². The van der Waals surface area contributed by atoms with E-state index in [4.69, 9.17) is 47.4 Å². The minimum atomic E-state index is -4.55. The smallest absolute Gasteiger partial charge is 0.303 e. The summed E-state index contributed by atoms with van der Waals surface area (Å²) in [7, 11) is -5.81. The molecule has 422 valence electrons. The van der Waals surface area contributed by atoms with Gasteiger partial charge in [-0.15, -0.1) is 0 Å². The first-order valence-electron chi connectivity index (χ1n) is 25.6. The standard InChI is InChI=1S/C53H80N2O18S2/c1-6-54-47-18-16-43(74(58,59)60)41-45(47)52(2,20-23-66-29-31-70-37-39-72-35-33-68-27-25-64-4)49(54)13-9-7-10-14-50-53(3,21-24-67-30-32-71-38-40-73-36-34-69-28-26-65-5)46-42-44(75(61,62)63)17-19-48(46)55(50)22-12-8-11-15-51(56)57/h7,9-10,13-14,16-19,41-42H,6,8,11-12,15,20-40H2,1-5H3,(H2-,56,57,58,59,60,61,62,63)/p+1. The van der Waals surface area contributed by atoms with Gasteiger partial charge in [-0.3, -0.25) is 13.9 Å². The first-order chi connectivity index (χ1) is 36.0. The Morgan fingerprint density at radius 2 is 1.04 bits per heavy atom. The highest BCUT2D eigenvalue weighted by molar-refractivity contribution is 7.86. The molecule has 0 fully saturated rings. The molecule has 0 radical (unpaired) electrons. The quantitative estimate of drug-likeness (QED) is 0.0291. The van der Waals surface area contributed by atoms with Crippen molar-refractivity contribution < 1.29 is 87.8 Å². The highest BCUT2D eigenvalue weighted by Crippen LogP contribution is 2.50. The van der Waals surface area contributed by atoms with Crippen molar-refractivity contribution in [3.8, 4) is 0 Å². The zero-order chi connectivity index (χ0) is 54.6. The largest absolute Gasteiger partial charge is 0.481 e. The molecule has 20 nitrogen and oxygen atoms in total. The van der Waals surface area contributed by atoms with Crippen molar-refractivity contribution in [2.45, 2.75) is 79.9 Å². The van der Waals surface area contributed by atoms with Crippen LogP contribution in [0, 0.1) is 0 Å². The number of hydrogen-bond donors (Lipinski definition) is 3. The highest BCUT2D eigenvalue weighted by atomic mass is 32.2. The Bertz CT molecular complexity index is 2410. The van der Waals surface area contributed by atoms with Gasteiger partial charge < -0.3 is 57.4 Å². The van der Waals surface area contributed by atoms with Crippen molar-refractivity contribution in [3.05, 3.63) is 83.6 Å². The lowest BCUT2D eigenvalue weighted by Gasteiger charge is -2.30. The molecule has 2 aliphatic heterocycles. The van der Waals surface area contributed by atoms with Crippen LogP contribution in [0.5, 0.6) is 0 Å².